The highest BCUT2D eigenvalue weighted by atomic mass is 32.2. The summed E-state index contributed by atoms with van der Waals surface area (Å²) < 4.78 is 0.346. The van der Waals surface area contributed by atoms with Gasteiger partial charge in [0.1, 0.15) is 0 Å². The van der Waals surface area contributed by atoms with Crippen molar-refractivity contribution in [1.29, 1.82) is 0 Å². The van der Waals surface area contributed by atoms with Crippen LogP contribution in [0.4, 0.5) is 0 Å². The molecule has 0 nitrogen and oxygen atoms in total. The monoisotopic (exact) mass is 260 g/mol. The van der Waals surface area contributed by atoms with Gasteiger partial charge in [0, 0.05) is 17.1 Å². The first-order chi connectivity index (χ1) is 8.33. The number of terminal acetylenes is 1. The molecule has 0 bridgehead atoms. The third kappa shape index (κ3) is 4.38. The fraction of sp³-hybridized carbons (Fsp3) is 0.200. The molecule has 0 saturated carbocycles. The second-order valence-electron chi connectivity index (χ2n) is 3.31. The van der Waals surface area contributed by atoms with Gasteiger partial charge in [0.15, 0.2) is 0 Å². The van der Waals surface area contributed by atoms with E-state index in [9.17, 15) is 0 Å². The second-order valence-corrected chi connectivity index (χ2v) is 5.88. The predicted octanol–water partition coefficient (Wildman–Crippen LogP) is 4.50. The minimum absolute atomic E-state index is 0.346. The highest BCUT2D eigenvalue weighted by Crippen LogP contribution is 2.40. The standard InChI is InChI=1S/C15H16S2/c1-4-11-16-15(17-12-5-2)14-10-8-7-9-13(14)6-3/h3-5,7-10,15H,1-2,11-12H2. The molecule has 0 radical (unpaired) electrons. The molecule has 88 valence electrons. The van der Waals surface area contributed by atoms with Gasteiger partial charge < -0.3 is 0 Å². The van der Waals surface area contributed by atoms with E-state index in [2.05, 4.69) is 25.1 Å². The maximum Gasteiger partial charge on any atom is 0.0769 e. The summed E-state index contributed by atoms with van der Waals surface area (Å²) in [5.74, 6) is 4.60. The zero-order valence-corrected chi connectivity index (χ0v) is 11.4. The molecular formula is C15H16S2. The number of hydrogen-bond donors (Lipinski definition) is 0. The molecule has 0 aliphatic heterocycles. The van der Waals surface area contributed by atoms with Gasteiger partial charge in [-0.1, -0.05) is 36.3 Å². The van der Waals surface area contributed by atoms with Crippen LogP contribution in [-0.2, 0) is 0 Å². The molecule has 1 rings (SSSR count). The van der Waals surface area contributed by atoms with Crippen molar-refractivity contribution in [2.24, 2.45) is 0 Å². The van der Waals surface area contributed by atoms with Gasteiger partial charge in [-0.2, -0.15) is 0 Å². The van der Waals surface area contributed by atoms with Crippen LogP contribution in [0.1, 0.15) is 15.7 Å². The highest BCUT2D eigenvalue weighted by molar-refractivity contribution is 8.16. The Labute approximate surface area is 113 Å². The quantitative estimate of drug-likeness (QED) is 0.402. The summed E-state index contributed by atoms with van der Waals surface area (Å²) in [6.07, 6.45) is 9.38. The lowest BCUT2D eigenvalue weighted by Gasteiger charge is -2.16. The van der Waals surface area contributed by atoms with Crippen molar-refractivity contribution in [1.82, 2.24) is 0 Å². The fourth-order valence-corrected chi connectivity index (χ4v) is 3.62. The van der Waals surface area contributed by atoms with Crippen LogP contribution < -0.4 is 0 Å². The third-order valence-corrected chi connectivity index (χ3v) is 4.89. The predicted molar refractivity (Wildman–Crippen MR) is 82.4 cm³/mol. The zero-order valence-electron chi connectivity index (χ0n) is 9.76. The van der Waals surface area contributed by atoms with Gasteiger partial charge in [-0.3, -0.25) is 0 Å². The minimum Gasteiger partial charge on any atom is -0.139 e. The minimum atomic E-state index is 0.346. The lowest BCUT2D eigenvalue weighted by Crippen LogP contribution is -1.95. The van der Waals surface area contributed by atoms with E-state index >= 15 is 0 Å². The molecule has 0 spiro atoms. The molecule has 2 heteroatoms. The van der Waals surface area contributed by atoms with Crippen molar-refractivity contribution in [2.75, 3.05) is 11.5 Å². The highest BCUT2D eigenvalue weighted by Gasteiger charge is 2.14. The van der Waals surface area contributed by atoms with E-state index in [4.69, 9.17) is 6.42 Å². The van der Waals surface area contributed by atoms with E-state index in [1.165, 1.54) is 5.56 Å². The Kier molecular flexibility index (Phi) is 6.69. The molecule has 0 unspecified atom stereocenters. The topological polar surface area (TPSA) is 0 Å². The second kappa shape index (κ2) is 8.11. The van der Waals surface area contributed by atoms with E-state index in [-0.39, 0.29) is 0 Å². The van der Waals surface area contributed by atoms with E-state index in [0.717, 1.165) is 17.1 Å². The van der Waals surface area contributed by atoms with Crippen LogP contribution in [0, 0.1) is 12.3 Å². The van der Waals surface area contributed by atoms with E-state index in [1.54, 1.807) is 0 Å². The number of hydrogen-bond acceptors (Lipinski definition) is 2. The first kappa shape index (κ1) is 14.0. The lowest BCUT2D eigenvalue weighted by atomic mass is 10.1. The molecule has 1 aromatic rings. The van der Waals surface area contributed by atoms with Crippen LogP contribution in [0.25, 0.3) is 0 Å². The number of rotatable bonds is 7. The molecule has 0 aliphatic rings. The molecule has 1 aromatic carbocycles. The Morgan fingerprint density at radius 1 is 1.18 bits per heavy atom. The van der Waals surface area contributed by atoms with Crippen molar-refractivity contribution in [3.8, 4) is 12.3 Å². The summed E-state index contributed by atoms with van der Waals surface area (Å²) in [7, 11) is 0. The average molecular weight is 260 g/mol. The number of benzene rings is 1. The molecular weight excluding hydrogens is 244 g/mol. The van der Waals surface area contributed by atoms with Crippen molar-refractivity contribution >= 4 is 23.5 Å². The first-order valence-electron chi connectivity index (χ1n) is 5.34. The Hall–Kier alpha value is -1.04. The van der Waals surface area contributed by atoms with Crippen LogP contribution in [0.2, 0.25) is 0 Å². The molecule has 0 atom stereocenters. The number of thioether (sulfide) groups is 2. The van der Waals surface area contributed by atoms with E-state index in [1.807, 2.05) is 53.9 Å². The van der Waals surface area contributed by atoms with Gasteiger partial charge in [0.25, 0.3) is 0 Å². The van der Waals surface area contributed by atoms with Crippen molar-refractivity contribution < 1.29 is 0 Å². The normalized spacial score (nSPS) is 9.88. The summed E-state index contributed by atoms with van der Waals surface area (Å²) in [5.41, 5.74) is 2.19. The third-order valence-electron chi connectivity index (χ3n) is 2.10. The first-order valence-corrected chi connectivity index (χ1v) is 7.43. The maximum atomic E-state index is 5.54. The van der Waals surface area contributed by atoms with Crippen LogP contribution in [0.3, 0.4) is 0 Å². The van der Waals surface area contributed by atoms with Crippen molar-refractivity contribution in [3.05, 3.63) is 60.7 Å². The van der Waals surface area contributed by atoms with Crippen molar-refractivity contribution in [2.45, 2.75) is 4.58 Å². The molecule has 0 saturated heterocycles. The largest absolute Gasteiger partial charge is 0.139 e. The molecule has 0 amide bonds. The lowest BCUT2D eigenvalue weighted by molar-refractivity contribution is 1.35. The SMILES string of the molecule is C#Cc1ccccc1C(SCC=C)SCC=C. The Morgan fingerprint density at radius 3 is 2.29 bits per heavy atom. The zero-order chi connectivity index (χ0) is 12.5. The van der Waals surface area contributed by atoms with Crippen LogP contribution in [0.15, 0.2) is 49.6 Å². The van der Waals surface area contributed by atoms with Gasteiger partial charge >= 0.3 is 0 Å². The molecule has 0 aliphatic carbocycles. The summed E-state index contributed by atoms with van der Waals surface area (Å²) in [6, 6.07) is 8.11. The van der Waals surface area contributed by atoms with Gasteiger partial charge in [0.05, 0.1) is 4.58 Å². The summed E-state index contributed by atoms with van der Waals surface area (Å²) in [4.78, 5) is 0. The van der Waals surface area contributed by atoms with E-state index in [0.29, 0.717) is 4.58 Å². The van der Waals surface area contributed by atoms with Crippen molar-refractivity contribution in [3.63, 3.8) is 0 Å². The molecule has 0 aromatic heterocycles. The average Bonchev–Trinajstić information content (AvgIpc) is 2.39. The maximum absolute atomic E-state index is 5.54. The van der Waals surface area contributed by atoms with Crippen LogP contribution in [-0.4, -0.2) is 11.5 Å². The summed E-state index contributed by atoms with van der Waals surface area (Å²) >= 11 is 3.69. The van der Waals surface area contributed by atoms with Gasteiger partial charge in [-0.15, -0.1) is 43.1 Å². The Morgan fingerprint density at radius 2 is 1.76 bits per heavy atom. The molecule has 0 N–H and O–H groups in total. The molecule has 0 fully saturated rings. The van der Waals surface area contributed by atoms with Crippen LogP contribution >= 0.6 is 23.5 Å². The molecule has 17 heavy (non-hydrogen) atoms. The Balaban J connectivity index is 2.90. The smallest absolute Gasteiger partial charge is 0.0769 e. The Bertz CT molecular complexity index is 403. The van der Waals surface area contributed by atoms with Gasteiger partial charge in [0.2, 0.25) is 0 Å². The molecule has 0 heterocycles. The van der Waals surface area contributed by atoms with Gasteiger partial charge in [-0.05, 0) is 11.6 Å². The summed E-state index contributed by atoms with van der Waals surface area (Å²) in [5, 5.41) is 0. The van der Waals surface area contributed by atoms with E-state index < -0.39 is 0 Å². The van der Waals surface area contributed by atoms with Crippen LogP contribution in [0.5, 0.6) is 0 Å². The van der Waals surface area contributed by atoms with Gasteiger partial charge in [-0.25, -0.2) is 0 Å². The fourth-order valence-electron chi connectivity index (χ4n) is 1.37. The summed E-state index contributed by atoms with van der Waals surface area (Å²) in [6.45, 7) is 7.52.